The SMILES string of the molecule is N#Cc1cc([N+](=O)[O-])cnc1NCCC(=O)N1CCCC1. The number of likely N-dealkylation sites (tertiary alicyclic amines) is 1. The molecule has 8 heteroatoms. The molecule has 0 saturated carbocycles. The van der Waals surface area contributed by atoms with Crippen molar-refractivity contribution in [2.24, 2.45) is 0 Å². The average molecular weight is 289 g/mol. The predicted octanol–water partition coefficient (Wildman–Crippen LogP) is 1.29. The minimum Gasteiger partial charge on any atom is -0.368 e. The largest absolute Gasteiger partial charge is 0.368 e. The highest BCUT2D eigenvalue weighted by atomic mass is 16.6. The second-order valence-electron chi connectivity index (χ2n) is 4.72. The predicted molar refractivity (Wildman–Crippen MR) is 74.5 cm³/mol. The molecule has 0 aromatic carbocycles. The first-order valence-corrected chi connectivity index (χ1v) is 6.68. The highest BCUT2D eigenvalue weighted by Gasteiger charge is 2.17. The van der Waals surface area contributed by atoms with Crippen molar-refractivity contribution in [3.63, 3.8) is 0 Å². The lowest BCUT2D eigenvalue weighted by Gasteiger charge is -2.15. The fraction of sp³-hybridized carbons (Fsp3) is 0.462. The number of nitrogens with zero attached hydrogens (tertiary/aromatic N) is 4. The number of rotatable bonds is 5. The van der Waals surface area contributed by atoms with Crippen LogP contribution in [-0.4, -0.2) is 40.3 Å². The molecule has 1 aromatic rings. The maximum Gasteiger partial charge on any atom is 0.289 e. The standard InChI is InChI=1S/C13H15N5O3/c14-8-10-7-11(18(20)21)9-16-13(10)15-4-3-12(19)17-5-1-2-6-17/h7,9H,1-6H2,(H,15,16). The minimum absolute atomic E-state index is 0.0698. The maximum atomic E-state index is 11.8. The number of anilines is 1. The molecule has 1 fully saturated rings. The van der Waals surface area contributed by atoms with Crippen LogP contribution in [-0.2, 0) is 4.79 Å². The van der Waals surface area contributed by atoms with E-state index in [0.717, 1.165) is 38.2 Å². The zero-order chi connectivity index (χ0) is 15.2. The van der Waals surface area contributed by atoms with Crippen LogP contribution in [0.4, 0.5) is 11.5 Å². The van der Waals surface area contributed by atoms with Gasteiger partial charge in [-0.25, -0.2) is 4.98 Å². The molecule has 1 aliphatic heterocycles. The molecule has 0 unspecified atom stereocenters. The Morgan fingerprint density at radius 2 is 2.24 bits per heavy atom. The first-order chi connectivity index (χ1) is 10.1. The molecule has 2 rings (SSSR count). The Hall–Kier alpha value is -2.69. The van der Waals surface area contributed by atoms with E-state index < -0.39 is 4.92 Å². The average Bonchev–Trinajstić information content (AvgIpc) is 3.01. The summed E-state index contributed by atoms with van der Waals surface area (Å²) in [5.74, 6) is 0.331. The van der Waals surface area contributed by atoms with E-state index in [0.29, 0.717) is 13.0 Å². The van der Waals surface area contributed by atoms with E-state index in [4.69, 9.17) is 5.26 Å². The van der Waals surface area contributed by atoms with Crippen LogP contribution in [0.5, 0.6) is 0 Å². The van der Waals surface area contributed by atoms with E-state index in [2.05, 4.69) is 10.3 Å². The molecule has 0 aliphatic carbocycles. The summed E-state index contributed by atoms with van der Waals surface area (Å²) in [5, 5.41) is 22.5. The molecular weight excluding hydrogens is 274 g/mol. The van der Waals surface area contributed by atoms with E-state index in [1.807, 2.05) is 11.0 Å². The number of carbonyl (C=O) groups is 1. The lowest BCUT2D eigenvalue weighted by molar-refractivity contribution is -0.385. The Labute approximate surface area is 121 Å². The molecule has 1 aliphatic rings. The Bertz CT molecular complexity index is 590. The number of hydrogen-bond acceptors (Lipinski definition) is 6. The van der Waals surface area contributed by atoms with Crippen molar-refractivity contribution in [2.75, 3.05) is 25.0 Å². The summed E-state index contributed by atoms with van der Waals surface area (Å²) in [6, 6.07) is 3.02. The molecule has 2 heterocycles. The summed E-state index contributed by atoms with van der Waals surface area (Å²) in [7, 11) is 0. The Balaban J connectivity index is 1.92. The van der Waals surface area contributed by atoms with Crippen molar-refractivity contribution in [1.82, 2.24) is 9.88 Å². The molecule has 1 N–H and O–H groups in total. The van der Waals surface area contributed by atoms with Crippen molar-refractivity contribution in [3.05, 3.63) is 27.9 Å². The lowest BCUT2D eigenvalue weighted by atomic mass is 10.2. The van der Waals surface area contributed by atoms with Gasteiger partial charge < -0.3 is 10.2 Å². The van der Waals surface area contributed by atoms with Gasteiger partial charge in [-0.1, -0.05) is 0 Å². The van der Waals surface area contributed by atoms with Gasteiger partial charge >= 0.3 is 0 Å². The van der Waals surface area contributed by atoms with Gasteiger partial charge in [0.05, 0.1) is 4.92 Å². The van der Waals surface area contributed by atoms with Crippen molar-refractivity contribution >= 4 is 17.4 Å². The normalized spacial score (nSPS) is 13.8. The first kappa shape index (κ1) is 14.7. The Morgan fingerprint density at radius 3 is 2.86 bits per heavy atom. The van der Waals surface area contributed by atoms with Crippen LogP contribution in [0.15, 0.2) is 12.3 Å². The van der Waals surface area contributed by atoms with Gasteiger partial charge in [0.15, 0.2) is 0 Å². The van der Waals surface area contributed by atoms with Crippen molar-refractivity contribution in [3.8, 4) is 6.07 Å². The fourth-order valence-corrected chi connectivity index (χ4v) is 2.19. The van der Waals surface area contributed by atoms with Gasteiger partial charge in [0, 0.05) is 32.1 Å². The van der Waals surface area contributed by atoms with Gasteiger partial charge in [-0.05, 0) is 12.8 Å². The fourth-order valence-electron chi connectivity index (χ4n) is 2.19. The molecule has 8 nitrogen and oxygen atoms in total. The van der Waals surface area contributed by atoms with E-state index in [1.165, 1.54) is 0 Å². The molecule has 0 atom stereocenters. The number of hydrogen-bond donors (Lipinski definition) is 1. The molecular formula is C13H15N5O3. The number of carbonyl (C=O) groups excluding carboxylic acids is 1. The van der Waals surface area contributed by atoms with Gasteiger partial charge in [0.2, 0.25) is 5.91 Å². The van der Waals surface area contributed by atoms with Gasteiger partial charge in [-0.15, -0.1) is 0 Å². The Kier molecular flexibility index (Phi) is 4.66. The zero-order valence-electron chi connectivity index (χ0n) is 11.4. The second kappa shape index (κ2) is 6.65. The Morgan fingerprint density at radius 1 is 1.52 bits per heavy atom. The van der Waals surface area contributed by atoms with Crippen molar-refractivity contribution in [2.45, 2.75) is 19.3 Å². The van der Waals surface area contributed by atoms with Crippen molar-refractivity contribution < 1.29 is 9.72 Å². The molecule has 0 spiro atoms. The monoisotopic (exact) mass is 289 g/mol. The van der Waals surface area contributed by atoms with Gasteiger partial charge in [0.1, 0.15) is 23.6 Å². The number of nitriles is 1. The summed E-state index contributed by atoms with van der Waals surface area (Å²) in [6.07, 6.45) is 3.48. The first-order valence-electron chi connectivity index (χ1n) is 6.68. The number of aromatic nitrogens is 1. The van der Waals surface area contributed by atoms with Gasteiger partial charge in [0.25, 0.3) is 5.69 Å². The van der Waals surface area contributed by atoms with E-state index in [9.17, 15) is 14.9 Å². The summed E-state index contributed by atoms with van der Waals surface area (Å²) in [5.41, 5.74) is -0.136. The highest BCUT2D eigenvalue weighted by molar-refractivity contribution is 5.77. The topological polar surface area (TPSA) is 112 Å². The van der Waals surface area contributed by atoms with Crippen LogP contribution in [0.3, 0.4) is 0 Å². The zero-order valence-corrected chi connectivity index (χ0v) is 11.4. The molecule has 0 bridgehead atoms. The van der Waals surface area contributed by atoms with Gasteiger partial charge in [-0.2, -0.15) is 5.26 Å². The third-order valence-electron chi connectivity index (χ3n) is 3.29. The molecule has 0 radical (unpaired) electrons. The maximum absolute atomic E-state index is 11.8. The van der Waals surface area contributed by atoms with E-state index in [1.54, 1.807) is 0 Å². The lowest BCUT2D eigenvalue weighted by Crippen LogP contribution is -2.29. The summed E-state index contributed by atoms with van der Waals surface area (Å²) >= 11 is 0. The van der Waals surface area contributed by atoms with Crippen LogP contribution in [0.25, 0.3) is 0 Å². The molecule has 1 aromatic heterocycles. The summed E-state index contributed by atoms with van der Waals surface area (Å²) in [6.45, 7) is 1.95. The molecule has 110 valence electrons. The van der Waals surface area contributed by atoms with E-state index in [-0.39, 0.29) is 23.0 Å². The van der Waals surface area contributed by atoms with Crippen LogP contribution in [0.2, 0.25) is 0 Å². The number of nitro groups is 1. The van der Waals surface area contributed by atoms with Crippen LogP contribution < -0.4 is 5.32 Å². The third kappa shape index (κ3) is 3.66. The molecule has 1 saturated heterocycles. The number of amides is 1. The number of pyridine rings is 1. The summed E-state index contributed by atoms with van der Waals surface area (Å²) < 4.78 is 0. The second-order valence-corrected chi connectivity index (χ2v) is 4.72. The van der Waals surface area contributed by atoms with Gasteiger partial charge in [-0.3, -0.25) is 14.9 Å². The number of nitrogens with one attached hydrogen (secondary N) is 1. The van der Waals surface area contributed by atoms with Crippen LogP contribution in [0, 0.1) is 21.4 Å². The van der Waals surface area contributed by atoms with Crippen molar-refractivity contribution in [1.29, 1.82) is 5.26 Å². The molecule has 1 amide bonds. The smallest absolute Gasteiger partial charge is 0.289 e. The van der Waals surface area contributed by atoms with Crippen LogP contribution in [0.1, 0.15) is 24.8 Å². The van der Waals surface area contributed by atoms with E-state index >= 15 is 0 Å². The van der Waals surface area contributed by atoms with Crippen LogP contribution >= 0.6 is 0 Å². The summed E-state index contributed by atoms with van der Waals surface area (Å²) in [4.78, 5) is 27.5. The minimum atomic E-state index is -0.603. The molecule has 21 heavy (non-hydrogen) atoms. The third-order valence-corrected chi connectivity index (χ3v) is 3.29. The highest BCUT2D eigenvalue weighted by Crippen LogP contribution is 2.18. The quantitative estimate of drug-likeness (QED) is 0.645.